The van der Waals surface area contributed by atoms with E-state index in [1.807, 2.05) is 36.4 Å². The minimum atomic E-state index is 0.219. The summed E-state index contributed by atoms with van der Waals surface area (Å²) < 4.78 is 11.3. The van der Waals surface area contributed by atoms with Gasteiger partial charge in [-0.05, 0) is 12.1 Å². The lowest BCUT2D eigenvalue weighted by molar-refractivity contribution is 0.121. The maximum Gasteiger partial charge on any atom is 0.215 e. The average molecular weight is 333 g/mol. The van der Waals surface area contributed by atoms with Gasteiger partial charge in [-0.2, -0.15) is 0 Å². The highest BCUT2D eigenvalue weighted by atomic mass is 35.5. The van der Waals surface area contributed by atoms with Crippen LogP contribution in [-0.4, -0.2) is 31.3 Å². The quantitative estimate of drug-likeness (QED) is 0.846. The van der Waals surface area contributed by atoms with Crippen LogP contribution in [-0.2, 0) is 0 Å². The smallest absolute Gasteiger partial charge is 0.215 e. The van der Waals surface area contributed by atoms with E-state index in [0.717, 1.165) is 30.9 Å². The number of hydrogen-bond donors (Lipinski definition) is 0. The standard InChI is InChI=1S/C18H21ClN2O2/c1-13-12-21(16-10-18(22-2)20-11-15(16)19)9-8-17(13)23-14-6-4-3-5-7-14/h3-7,10-11,13,17H,8-9,12H2,1-2H3. The molecule has 2 aromatic rings. The van der Waals surface area contributed by atoms with Gasteiger partial charge in [0, 0.05) is 31.5 Å². The number of benzene rings is 1. The van der Waals surface area contributed by atoms with E-state index >= 15 is 0 Å². The molecule has 0 amide bonds. The molecule has 0 radical (unpaired) electrons. The largest absolute Gasteiger partial charge is 0.490 e. The lowest BCUT2D eigenvalue weighted by Gasteiger charge is -2.38. The molecule has 1 aromatic heterocycles. The monoisotopic (exact) mass is 332 g/mol. The number of hydrogen-bond acceptors (Lipinski definition) is 4. The molecule has 1 fully saturated rings. The number of piperidine rings is 1. The van der Waals surface area contributed by atoms with E-state index in [1.165, 1.54) is 0 Å². The molecule has 0 N–H and O–H groups in total. The second kappa shape index (κ2) is 7.09. The van der Waals surface area contributed by atoms with Crippen molar-refractivity contribution >= 4 is 17.3 Å². The zero-order chi connectivity index (χ0) is 16.2. The number of rotatable bonds is 4. The maximum absolute atomic E-state index is 6.31. The Bertz CT molecular complexity index is 651. The minimum Gasteiger partial charge on any atom is -0.490 e. The van der Waals surface area contributed by atoms with E-state index in [9.17, 15) is 0 Å². The van der Waals surface area contributed by atoms with Crippen LogP contribution >= 0.6 is 11.6 Å². The normalized spacial score (nSPS) is 21.1. The Hall–Kier alpha value is -1.94. The van der Waals surface area contributed by atoms with Crippen LogP contribution in [0.25, 0.3) is 0 Å². The van der Waals surface area contributed by atoms with Gasteiger partial charge in [0.1, 0.15) is 11.9 Å². The molecular weight excluding hydrogens is 312 g/mol. The number of para-hydroxylation sites is 1. The Labute approximate surface area is 142 Å². The summed E-state index contributed by atoms with van der Waals surface area (Å²) >= 11 is 6.31. The van der Waals surface area contributed by atoms with Gasteiger partial charge in [-0.15, -0.1) is 0 Å². The summed E-state index contributed by atoms with van der Waals surface area (Å²) in [5.41, 5.74) is 0.975. The lowest BCUT2D eigenvalue weighted by atomic mass is 9.96. The Morgan fingerprint density at radius 2 is 2.04 bits per heavy atom. The lowest BCUT2D eigenvalue weighted by Crippen LogP contribution is -2.44. The third-order valence-corrected chi connectivity index (χ3v) is 4.51. The van der Waals surface area contributed by atoms with Crippen molar-refractivity contribution < 1.29 is 9.47 Å². The van der Waals surface area contributed by atoms with Gasteiger partial charge in [-0.25, -0.2) is 4.98 Å². The molecule has 1 aliphatic heterocycles. The van der Waals surface area contributed by atoms with Crippen molar-refractivity contribution in [2.75, 3.05) is 25.1 Å². The van der Waals surface area contributed by atoms with E-state index in [4.69, 9.17) is 21.1 Å². The number of ether oxygens (including phenoxy) is 2. The van der Waals surface area contributed by atoms with Crippen LogP contribution in [0.1, 0.15) is 13.3 Å². The van der Waals surface area contributed by atoms with Crippen molar-refractivity contribution in [2.24, 2.45) is 5.92 Å². The van der Waals surface area contributed by atoms with Gasteiger partial charge in [-0.1, -0.05) is 36.7 Å². The van der Waals surface area contributed by atoms with Crippen LogP contribution < -0.4 is 14.4 Å². The predicted molar refractivity (Wildman–Crippen MR) is 92.7 cm³/mol. The van der Waals surface area contributed by atoms with E-state index in [1.54, 1.807) is 13.3 Å². The molecule has 2 unspecified atom stereocenters. The number of halogens is 1. The molecule has 23 heavy (non-hydrogen) atoms. The summed E-state index contributed by atoms with van der Waals surface area (Å²) in [4.78, 5) is 6.42. The molecule has 5 heteroatoms. The first kappa shape index (κ1) is 15.9. The second-order valence-electron chi connectivity index (χ2n) is 5.86. The zero-order valence-electron chi connectivity index (χ0n) is 13.4. The molecule has 2 atom stereocenters. The highest BCUT2D eigenvalue weighted by Crippen LogP contribution is 2.32. The third kappa shape index (κ3) is 3.70. The third-order valence-electron chi connectivity index (χ3n) is 4.22. The van der Waals surface area contributed by atoms with Gasteiger partial charge in [0.2, 0.25) is 5.88 Å². The van der Waals surface area contributed by atoms with Gasteiger partial charge in [0.15, 0.2) is 0 Å². The van der Waals surface area contributed by atoms with Crippen molar-refractivity contribution in [2.45, 2.75) is 19.4 Å². The first-order valence-corrected chi connectivity index (χ1v) is 8.21. The topological polar surface area (TPSA) is 34.6 Å². The molecule has 0 bridgehead atoms. The van der Waals surface area contributed by atoms with Crippen molar-refractivity contribution in [3.63, 3.8) is 0 Å². The van der Waals surface area contributed by atoms with E-state index in [-0.39, 0.29) is 6.10 Å². The fraction of sp³-hybridized carbons (Fsp3) is 0.389. The molecule has 3 rings (SSSR count). The fourth-order valence-corrected chi connectivity index (χ4v) is 3.18. The highest BCUT2D eigenvalue weighted by Gasteiger charge is 2.29. The number of aromatic nitrogens is 1. The van der Waals surface area contributed by atoms with Crippen molar-refractivity contribution in [1.82, 2.24) is 4.98 Å². The SMILES string of the molecule is COc1cc(N2CCC(Oc3ccccc3)C(C)C2)c(Cl)cn1. The summed E-state index contributed by atoms with van der Waals surface area (Å²) in [6.45, 7) is 4.01. The summed E-state index contributed by atoms with van der Waals surface area (Å²) in [6.07, 6.45) is 2.82. The van der Waals surface area contributed by atoms with Crippen LogP contribution in [0.5, 0.6) is 11.6 Å². The number of nitrogens with zero attached hydrogens (tertiary/aromatic N) is 2. The molecule has 1 aliphatic rings. The van der Waals surface area contributed by atoms with Crippen LogP contribution in [0.4, 0.5) is 5.69 Å². The maximum atomic E-state index is 6.31. The summed E-state index contributed by atoms with van der Waals surface area (Å²) in [7, 11) is 1.61. The molecule has 1 aromatic carbocycles. The highest BCUT2D eigenvalue weighted by molar-refractivity contribution is 6.33. The molecule has 0 spiro atoms. The minimum absolute atomic E-state index is 0.219. The van der Waals surface area contributed by atoms with E-state index in [2.05, 4.69) is 16.8 Å². The van der Waals surface area contributed by atoms with E-state index < -0.39 is 0 Å². The van der Waals surface area contributed by atoms with E-state index in [0.29, 0.717) is 16.8 Å². The number of methoxy groups -OCH3 is 1. The van der Waals surface area contributed by atoms with Gasteiger partial charge < -0.3 is 14.4 Å². The van der Waals surface area contributed by atoms with Crippen molar-refractivity contribution in [1.29, 1.82) is 0 Å². The van der Waals surface area contributed by atoms with Gasteiger partial charge in [-0.3, -0.25) is 0 Å². The first-order chi connectivity index (χ1) is 11.2. The summed E-state index contributed by atoms with van der Waals surface area (Å²) in [5.74, 6) is 1.92. The molecular formula is C18H21ClN2O2. The molecule has 0 saturated carbocycles. The van der Waals surface area contributed by atoms with Crippen LogP contribution in [0.15, 0.2) is 42.6 Å². The number of pyridine rings is 1. The number of anilines is 1. The van der Waals surface area contributed by atoms with Gasteiger partial charge in [0.05, 0.1) is 24.0 Å². The summed E-state index contributed by atoms with van der Waals surface area (Å²) in [5, 5.41) is 0.653. The van der Waals surface area contributed by atoms with Crippen LogP contribution in [0, 0.1) is 5.92 Å². The molecule has 4 nitrogen and oxygen atoms in total. The average Bonchev–Trinajstić information content (AvgIpc) is 2.58. The van der Waals surface area contributed by atoms with Crippen molar-refractivity contribution in [3.05, 3.63) is 47.6 Å². The Morgan fingerprint density at radius 3 is 2.74 bits per heavy atom. The molecule has 122 valence electrons. The Kier molecular flexibility index (Phi) is 4.91. The second-order valence-corrected chi connectivity index (χ2v) is 6.27. The molecule has 0 aliphatic carbocycles. The van der Waals surface area contributed by atoms with Crippen LogP contribution in [0.3, 0.4) is 0 Å². The summed E-state index contributed by atoms with van der Waals surface area (Å²) in [6, 6.07) is 11.9. The van der Waals surface area contributed by atoms with Gasteiger partial charge >= 0.3 is 0 Å². The van der Waals surface area contributed by atoms with Crippen LogP contribution in [0.2, 0.25) is 5.02 Å². The predicted octanol–water partition coefficient (Wildman–Crippen LogP) is 4.04. The first-order valence-electron chi connectivity index (χ1n) is 7.83. The Balaban J connectivity index is 1.69. The van der Waals surface area contributed by atoms with Crippen molar-refractivity contribution in [3.8, 4) is 11.6 Å². The molecule has 1 saturated heterocycles. The van der Waals surface area contributed by atoms with Gasteiger partial charge in [0.25, 0.3) is 0 Å². The molecule has 2 heterocycles. The Morgan fingerprint density at radius 1 is 1.26 bits per heavy atom. The fourth-order valence-electron chi connectivity index (χ4n) is 2.96. The zero-order valence-corrected chi connectivity index (χ0v) is 14.2.